The van der Waals surface area contributed by atoms with E-state index in [4.69, 9.17) is 0 Å². The zero-order valence-electron chi connectivity index (χ0n) is 47.2. The Morgan fingerprint density at radius 1 is 0.370 bits per heavy atom. The first-order valence-electron chi connectivity index (χ1n) is 27.8. The zero-order valence-corrected chi connectivity index (χ0v) is 47.2. The zero-order chi connectivity index (χ0) is 51.6. The van der Waals surface area contributed by atoms with Crippen molar-refractivity contribution in [3.05, 3.63) is 170 Å². The molecular weight excluding hydrogens is 880 g/mol. The van der Waals surface area contributed by atoms with Gasteiger partial charge in [0.1, 0.15) is 0 Å². The van der Waals surface area contributed by atoms with Gasteiger partial charge in [-0.1, -0.05) is 170 Å². The molecule has 2 aliphatic heterocycles. The molecule has 0 bridgehead atoms. The fourth-order valence-electron chi connectivity index (χ4n) is 16.6. The Hall–Kier alpha value is -5.80. The molecule has 3 heteroatoms. The van der Waals surface area contributed by atoms with Gasteiger partial charge in [-0.05, 0) is 215 Å². The molecule has 7 aromatic rings. The molecule has 0 N–H and O–H groups in total. The van der Waals surface area contributed by atoms with Crippen LogP contribution in [0.1, 0.15) is 184 Å². The Labute approximate surface area is 438 Å². The van der Waals surface area contributed by atoms with Crippen molar-refractivity contribution in [1.29, 1.82) is 0 Å². The van der Waals surface area contributed by atoms with Crippen molar-refractivity contribution >= 4 is 57.2 Å². The molecule has 0 spiro atoms. The molecule has 0 saturated carbocycles. The van der Waals surface area contributed by atoms with Gasteiger partial charge in [0.2, 0.25) is 0 Å². The van der Waals surface area contributed by atoms with Crippen molar-refractivity contribution in [2.24, 2.45) is 0 Å². The van der Waals surface area contributed by atoms with E-state index in [0.717, 1.165) is 12.8 Å². The minimum Gasteiger partial charge on any atom is -0.311 e. The second-order valence-corrected chi connectivity index (χ2v) is 28.5. The van der Waals surface area contributed by atoms with Gasteiger partial charge in [0.25, 0.3) is 6.71 Å². The summed E-state index contributed by atoms with van der Waals surface area (Å²) in [6, 6.07) is 44.7. The minimum atomic E-state index is -0.0851. The first-order valence-corrected chi connectivity index (χ1v) is 27.8. The number of rotatable bonds is 3. The van der Waals surface area contributed by atoms with E-state index in [9.17, 15) is 0 Å². The molecule has 0 unspecified atom stereocenters. The Morgan fingerprint density at radius 2 is 0.822 bits per heavy atom. The van der Waals surface area contributed by atoms with E-state index in [1.165, 1.54) is 147 Å². The average Bonchev–Trinajstić information content (AvgIpc) is 3.74. The summed E-state index contributed by atoms with van der Waals surface area (Å²) in [6.07, 6.45) is 4.63. The van der Waals surface area contributed by atoms with Gasteiger partial charge >= 0.3 is 0 Å². The van der Waals surface area contributed by atoms with Crippen LogP contribution in [0.3, 0.4) is 0 Å². The topological polar surface area (TPSA) is 6.48 Å². The lowest BCUT2D eigenvalue weighted by Crippen LogP contribution is -2.62. The smallest absolute Gasteiger partial charge is 0.252 e. The summed E-state index contributed by atoms with van der Waals surface area (Å²) in [5.41, 5.74) is 33.6. The van der Waals surface area contributed by atoms with Crippen LogP contribution in [0.15, 0.2) is 109 Å². The van der Waals surface area contributed by atoms with Crippen molar-refractivity contribution < 1.29 is 0 Å². The van der Waals surface area contributed by atoms with Gasteiger partial charge in [-0.2, -0.15) is 0 Å². The Balaban J connectivity index is 1.15. The first-order chi connectivity index (χ1) is 34.1. The summed E-state index contributed by atoms with van der Waals surface area (Å²) < 4.78 is 0. The summed E-state index contributed by atoms with van der Waals surface area (Å²) in [4.78, 5) is 5.46. The molecule has 0 saturated heterocycles. The van der Waals surface area contributed by atoms with E-state index >= 15 is 0 Å². The maximum absolute atomic E-state index is 2.75. The van der Waals surface area contributed by atoms with Crippen LogP contribution in [-0.2, 0) is 37.9 Å². The second kappa shape index (κ2) is 14.5. The van der Waals surface area contributed by atoms with E-state index in [-0.39, 0.29) is 44.6 Å². The fraction of sp³-hybridized carbons (Fsp3) is 0.400. The molecule has 6 aliphatic rings. The molecule has 2 nitrogen and oxygen atoms in total. The molecule has 4 aliphatic carbocycles. The van der Waals surface area contributed by atoms with Gasteiger partial charge < -0.3 is 9.80 Å². The normalized spacial score (nSPS) is 20.6. The molecule has 0 amide bonds. The van der Waals surface area contributed by atoms with Crippen LogP contribution in [-0.4, -0.2) is 6.71 Å². The number of aryl methyl sites for hydroxylation is 3. The summed E-state index contributed by atoms with van der Waals surface area (Å²) in [6.45, 7) is 41.7. The number of anilines is 6. The number of fused-ring (bicyclic) bond motifs is 10. The van der Waals surface area contributed by atoms with E-state index in [1.54, 1.807) is 0 Å². The highest BCUT2D eigenvalue weighted by molar-refractivity contribution is 7.00. The van der Waals surface area contributed by atoms with Crippen molar-refractivity contribution in [3.8, 4) is 22.3 Å². The molecule has 2 heterocycles. The van der Waals surface area contributed by atoms with Crippen LogP contribution in [0.2, 0.25) is 0 Å². The number of benzene rings is 7. The highest BCUT2D eigenvalue weighted by Gasteiger charge is 2.50. The van der Waals surface area contributed by atoms with Gasteiger partial charge in [-0.25, -0.2) is 0 Å². The van der Waals surface area contributed by atoms with Gasteiger partial charge in [0, 0.05) is 39.5 Å². The van der Waals surface area contributed by atoms with Crippen LogP contribution in [0, 0.1) is 20.8 Å². The quantitative estimate of drug-likeness (QED) is 0.163. The van der Waals surface area contributed by atoms with Crippen molar-refractivity contribution in [1.82, 2.24) is 0 Å². The average molecular weight is 957 g/mol. The van der Waals surface area contributed by atoms with E-state index in [1.807, 2.05) is 0 Å². The third-order valence-corrected chi connectivity index (χ3v) is 19.9. The number of hydrogen-bond donors (Lipinski definition) is 0. The van der Waals surface area contributed by atoms with Crippen LogP contribution >= 0.6 is 0 Å². The Morgan fingerprint density at radius 3 is 1.40 bits per heavy atom. The monoisotopic (exact) mass is 957 g/mol. The molecule has 7 aromatic carbocycles. The third kappa shape index (κ3) is 6.36. The van der Waals surface area contributed by atoms with Crippen molar-refractivity contribution in [2.45, 2.75) is 181 Å². The molecular formula is C70H77BN2. The first kappa shape index (κ1) is 47.0. The molecule has 13 rings (SSSR count). The Bertz CT molecular complexity index is 3610. The highest BCUT2D eigenvalue weighted by atomic mass is 15.2. The predicted octanol–water partition coefficient (Wildman–Crippen LogP) is 16.9. The minimum absolute atomic E-state index is 0.00453. The van der Waals surface area contributed by atoms with E-state index < -0.39 is 0 Å². The molecule has 370 valence electrons. The largest absolute Gasteiger partial charge is 0.311 e. The number of hydrogen-bond acceptors (Lipinski definition) is 2. The SMILES string of the molecule is Cc1cc2c3c(c1)N(c1cc4c(cc1C)C(C)(C)CC4(C)C)c1cc4c(cc1B3c1cc(-c3cccc5c3-c3ccccc3C5(C)C)ccc1N2c1cc2c(cc1C)C(C)(C)CC2(C)C)C(C)(C)CCC4(C)C. The number of nitrogens with zero attached hydrogens (tertiary/aromatic N) is 2. The lowest BCUT2D eigenvalue weighted by molar-refractivity contribution is 0.332. The lowest BCUT2D eigenvalue weighted by Gasteiger charge is -2.48. The predicted molar refractivity (Wildman–Crippen MR) is 314 cm³/mol. The molecule has 0 fully saturated rings. The van der Waals surface area contributed by atoms with E-state index in [2.05, 4.69) is 237 Å². The highest BCUT2D eigenvalue weighted by Crippen LogP contribution is 2.58. The van der Waals surface area contributed by atoms with Gasteiger partial charge in [-0.15, -0.1) is 0 Å². The molecule has 0 atom stereocenters. The second-order valence-electron chi connectivity index (χ2n) is 28.5. The van der Waals surface area contributed by atoms with Gasteiger partial charge in [0.05, 0.1) is 0 Å². The van der Waals surface area contributed by atoms with Crippen LogP contribution in [0.5, 0.6) is 0 Å². The van der Waals surface area contributed by atoms with Crippen LogP contribution < -0.4 is 26.2 Å². The van der Waals surface area contributed by atoms with E-state index in [0.29, 0.717) is 0 Å². The van der Waals surface area contributed by atoms with Crippen LogP contribution in [0.4, 0.5) is 34.1 Å². The fourth-order valence-corrected chi connectivity index (χ4v) is 16.6. The summed E-state index contributed by atoms with van der Waals surface area (Å²) in [7, 11) is 0. The van der Waals surface area contributed by atoms with Crippen LogP contribution in [0.25, 0.3) is 22.3 Å². The van der Waals surface area contributed by atoms with Gasteiger partial charge in [-0.3, -0.25) is 0 Å². The lowest BCUT2D eigenvalue weighted by atomic mass is 9.33. The molecule has 0 radical (unpaired) electrons. The van der Waals surface area contributed by atoms with Gasteiger partial charge in [0.15, 0.2) is 0 Å². The van der Waals surface area contributed by atoms with Crippen molar-refractivity contribution in [3.63, 3.8) is 0 Å². The Kier molecular flexibility index (Phi) is 9.34. The summed E-state index contributed by atoms with van der Waals surface area (Å²) in [5.74, 6) is 0. The standard InChI is InChI=1S/C70H77BN2/c1-40-29-60-63-61(30-40)73(58-36-53-49(32-42(58)3)67(10,11)39-69(53,14)15)59-37-51-50(64(4,5)27-28-65(51,6)7)34-55(59)71(63)54-33-43(44-22-20-24-47-62(44)45-21-18-19-23-46(45)70(47,16)17)25-26-56(54)72(60)57-35-52-48(31-41(57)2)66(8,9)38-68(52,12)13/h18-26,29-37H,27-28,38-39H2,1-17H3. The molecule has 0 aromatic heterocycles. The maximum atomic E-state index is 2.75. The maximum Gasteiger partial charge on any atom is 0.252 e. The van der Waals surface area contributed by atoms with Crippen molar-refractivity contribution in [2.75, 3.05) is 9.80 Å². The molecule has 73 heavy (non-hydrogen) atoms. The third-order valence-electron chi connectivity index (χ3n) is 19.9. The summed E-state index contributed by atoms with van der Waals surface area (Å²) >= 11 is 0. The summed E-state index contributed by atoms with van der Waals surface area (Å²) in [5, 5.41) is 0.